The summed E-state index contributed by atoms with van der Waals surface area (Å²) in [6.45, 7) is 1.42. The zero-order valence-electron chi connectivity index (χ0n) is 8.51. The molecule has 1 N–H and O–H groups in total. The zero-order chi connectivity index (χ0) is 12.2. The summed E-state index contributed by atoms with van der Waals surface area (Å²) < 4.78 is 25.7. The van der Waals surface area contributed by atoms with Gasteiger partial charge in [0.2, 0.25) is 10.0 Å². The fourth-order valence-electron chi connectivity index (χ4n) is 1.12. The van der Waals surface area contributed by atoms with E-state index in [1.54, 1.807) is 18.2 Å². The zero-order valence-corrected chi connectivity index (χ0v) is 9.32. The summed E-state index contributed by atoms with van der Waals surface area (Å²) in [5.74, 6) is 0. The maximum absolute atomic E-state index is 11.8. The van der Waals surface area contributed by atoms with Crippen LogP contribution in [0.3, 0.4) is 0 Å². The molecule has 0 radical (unpaired) electrons. The van der Waals surface area contributed by atoms with Crippen molar-refractivity contribution in [2.75, 3.05) is 0 Å². The molecule has 0 bridgehead atoms. The fraction of sp³-hybridized carbons (Fsp3) is 0.200. The summed E-state index contributed by atoms with van der Waals surface area (Å²) >= 11 is 0. The average molecular weight is 235 g/mol. The van der Waals surface area contributed by atoms with Crippen molar-refractivity contribution < 1.29 is 8.42 Å². The van der Waals surface area contributed by atoms with Gasteiger partial charge in [0.05, 0.1) is 16.5 Å². The topological polar surface area (TPSA) is 93.8 Å². The van der Waals surface area contributed by atoms with Gasteiger partial charge in [-0.05, 0) is 19.1 Å². The first-order valence-electron chi connectivity index (χ1n) is 4.42. The summed E-state index contributed by atoms with van der Waals surface area (Å²) in [4.78, 5) is -0.111. The molecule has 0 amide bonds. The van der Waals surface area contributed by atoms with Crippen molar-refractivity contribution in [3.8, 4) is 12.1 Å². The van der Waals surface area contributed by atoms with E-state index in [1.165, 1.54) is 25.1 Å². The molecule has 0 aliphatic heterocycles. The summed E-state index contributed by atoms with van der Waals surface area (Å²) in [5, 5.41) is 17.3. The van der Waals surface area contributed by atoms with Crippen LogP contribution in [0.4, 0.5) is 0 Å². The van der Waals surface area contributed by atoms with Gasteiger partial charge in [0.15, 0.2) is 0 Å². The molecule has 0 aliphatic rings. The third kappa shape index (κ3) is 2.57. The number of nitrogens with one attached hydrogen (secondary N) is 1. The molecule has 0 heterocycles. The Hall–Kier alpha value is -1.89. The summed E-state index contributed by atoms with van der Waals surface area (Å²) in [5.41, 5.74) is 0.0557. The first-order valence-corrected chi connectivity index (χ1v) is 5.90. The number of nitrogens with zero attached hydrogens (tertiary/aromatic N) is 2. The molecule has 6 heteroatoms. The highest BCUT2D eigenvalue weighted by molar-refractivity contribution is 7.89. The first-order chi connectivity index (χ1) is 7.51. The van der Waals surface area contributed by atoms with Gasteiger partial charge in [0, 0.05) is 0 Å². The molecule has 0 fully saturated rings. The molecule has 1 atom stereocenters. The number of hydrogen-bond acceptors (Lipinski definition) is 4. The molecule has 5 nitrogen and oxygen atoms in total. The maximum atomic E-state index is 11.8. The minimum atomic E-state index is -3.81. The lowest BCUT2D eigenvalue weighted by Crippen LogP contribution is -2.31. The largest absolute Gasteiger partial charge is 0.243 e. The van der Waals surface area contributed by atoms with Crippen molar-refractivity contribution in [3.63, 3.8) is 0 Å². The number of hydrogen-bond donors (Lipinski definition) is 1. The third-order valence-corrected chi connectivity index (χ3v) is 3.42. The van der Waals surface area contributed by atoms with E-state index in [9.17, 15) is 8.42 Å². The highest BCUT2D eigenvalue weighted by atomic mass is 32.2. The quantitative estimate of drug-likeness (QED) is 0.836. The highest BCUT2D eigenvalue weighted by Crippen LogP contribution is 2.14. The summed E-state index contributed by atoms with van der Waals surface area (Å²) in [6, 6.07) is 8.54. The van der Waals surface area contributed by atoms with E-state index in [0.29, 0.717) is 0 Å². The second-order valence-electron chi connectivity index (χ2n) is 3.08. The Morgan fingerprint density at radius 1 is 1.31 bits per heavy atom. The molecule has 1 unspecified atom stereocenters. The lowest BCUT2D eigenvalue weighted by molar-refractivity contribution is 0.577. The highest BCUT2D eigenvalue weighted by Gasteiger charge is 2.20. The van der Waals surface area contributed by atoms with Crippen molar-refractivity contribution in [1.82, 2.24) is 4.72 Å². The Kier molecular flexibility index (Phi) is 3.62. The van der Waals surface area contributed by atoms with Crippen LogP contribution >= 0.6 is 0 Å². The molecular formula is C10H9N3O2S. The second kappa shape index (κ2) is 4.75. The molecule has 0 aromatic heterocycles. The van der Waals surface area contributed by atoms with Crippen molar-refractivity contribution in [2.24, 2.45) is 0 Å². The van der Waals surface area contributed by atoms with E-state index in [1.807, 2.05) is 0 Å². The minimum absolute atomic E-state index is 0.0557. The molecule has 1 aromatic rings. The van der Waals surface area contributed by atoms with Crippen LogP contribution in [0.15, 0.2) is 29.2 Å². The van der Waals surface area contributed by atoms with Gasteiger partial charge >= 0.3 is 0 Å². The van der Waals surface area contributed by atoms with Crippen molar-refractivity contribution in [1.29, 1.82) is 10.5 Å². The Morgan fingerprint density at radius 3 is 2.50 bits per heavy atom. The Labute approximate surface area is 94.0 Å². The van der Waals surface area contributed by atoms with Crippen molar-refractivity contribution >= 4 is 10.0 Å². The average Bonchev–Trinajstić information content (AvgIpc) is 2.28. The molecule has 82 valence electrons. The van der Waals surface area contributed by atoms with E-state index < -0.39 is 16.1 Å². The van der Waals surface area contributed by atoms with Crippen LogP contribution in [0.2, 0.25) is 0 Å². The summed E-state index contributed by atoms with van der Waals surface area (Å²) in [6.07, 6.45) is 0. The minimum Gasteiger partial charge on any atom is -0.207 e. The van der Waals surface area contributed by atoms with Crippen LogP contribution in [0.25, 0.3) is 0 Å². The first kappa shape index (κ1) is 12.2. The number of benzene rings is 1. The molecule has 0 spiro atoms. The van der Waals surface area contributed by atoms with Gasteiger partial charge in [-0.25, -0.2) is 8.42 Å². The lowest BCUT2D eigenvalue weighted by atomic mass is 10.2. The van der Waals surface area contributed by atoms with E-state index in [0.717, 1.165) is 0 Å². The van der Waals surface area contributed by atoms with Crippen LogP contribution < -0.4 is 4.72 Å². The Balaban J connectivity index is 3.20. The summed E-state index contributed by atoms with van der Waals surface area (Å²) in [7, 11) is -3.81. The third-order valence-electron chi connectivity index (χ3n) is 1.82. The standard InChI is InChI=1S/C10H9N3O2S/c1-8(6-11)13-16(14,15)10-5-3-2-4-9(10)7-12/h2-5,8,13H,1H3. The van der Waals surface area contributed by atoms with E-state index in [-0.39, 0.29) is 10.5 Å². The number of sulfonamides is 1. The van der Waals surface area contributed by atoms with Gasteiger partial charge in [0.25, 0.3) is 0 Å². The van der Waals surface area contributed by atoms with Crippen LogP contribution in [0.5, 0.6) is 0 Å². The molecule has 16 heavy (non-hydrogen) atoms. The molecule has 1 rings (SSSR count). The van der Waals surface area contributed by atoms with E-state index in [2.05, 4.69) is 4.72 Å². The van der Waals surface area contributed by atoms with Gasteiger partial charge in [-0.1, -0.05) is 12.1 Å². The normalized spacial score (nSPS) is 12.4. The fourth-order valence-corrected chi connectivity index (χ4v) is 2.42. The molecule has 0 aliphatic carbocycles. The predicted molar refractivity (Wildman–Crippen MR) is 56.6 cm³/mol. The van der Waals surface area contributed by atoms with Gasteiger partial charge < -0.3 is 0 Å². The van der Waals surface area contributed by atoms with Crippen molar-refractivity contribution in [2.45, 2.75) is 17.9 Å². The van der Waals surface area contributed by atoms with Crippen molar-refractivity contribution in [3.05, 3.63) is 29.8 Å². The number of nitriles is 2. The van der Waals surface area contributed by atoms with Gasteiger partial charge in [0.1, 0.15) is 12.1 Å². The molecule has 0 saturated heterocycles. The Bertz CT molecular complexity index is 566. The Morgan fingerprint density at radius 2 is 1.94 bits per heavy atom. The van der Waals surface area contributed by atoms with Gasteiger partial charge in [-0.15, -0.1) is 0 Å². The van der Waals surface area contributed by atoms with Crippen LogP contribution in [-0.2, 0) is 10.0 Å². The molecular weight excluding hydrogens is 226 g/mol. The molecule has 1 aromatic carbocycles. The second-order valence-corrected chi connectivity index (χ2v) is 4.76. The lowest BCUT2D eigenvalue weighted by Gasteiger charge is -2.08. The predicted octanol–water partition coefficient (Wildman–Crippen LogP) is 0.749. The number of rotatable bonds is 3. The van der Waals surface area contributed by atoms with E-state index in [4.69, 9.17) is 10.5 Å². The SMILES string of the molecule is CC(C#N)NS(=O)(=O)c1ccccc1C#N. The van der Waals surface area contributed by atoms with Gasteiger partial charge in [-0.3, -0.25) is 0 Å². The monoisotopic (exact) mass is 235 g/mol. The maximum Gasteiger partial charge on any atom is 0.243 e. The van der Waals surface area contributed by atoms with E-state index >= 15 is 0 Å². The van der Waals surface area contributed by atoms with Crippen LogP contribution in [0.1, 0.15) is 12.5 Å². The van der Waals surface area contributed by atoms with Crippen LogP contribution in [-0.4, -0.2) is 14.5 Å². The smallest absolute Gasteiger partial charge is 0.207 e. The molecule has 0 saturated carbocycles. The van der Waals surface area contributed by atoms with Gasteiger partial charge in [-0.2, -0.15) is 15.2 Å². The van der Waals surface area contributed by atoms with Crippen LogP contribution in [0, 0.1) is 22.7 Å².